The highest BCUT2D eigenvalue weighted by atomic mass is 19.4. The normalized spacial score (nSPS) is 11.8. The van der Waals surface area contributed by atoms with Crippen LogP contribution >= 0.6 is 0 Å². The number of fused-ring (bicyclic) bond motifs is 12. The zero-order valence-corrected chi connectivity index (χ0v) is 82.2. The number of nitrogens with zero attached hydrogens (tertiary/aromatic N) is 6. The molecule has 6 nitrogen and oxygen atoms in total. The summed E-state index contributed by atoms with van der Waals surface area (Å²) in [4.78, 5) is 3.80. The standard InChI is InChI=1S/C74H65N3.C56H42F3N3/c1-41-27-46(6)70(47(7)28-41)55-18-23-66-61(36-55)62-37-56(71-48(8)29-42(2)30-49(71)9)19-24-67(62)76(66)65-22-17-54(40-75)35-60(65)59-16-14-15-45(5)74(59)77-68-25-20-57(72-50(10)31-43(3)32-51(72)11)38-63(68)64-39-58(21-26-69(64)77)73-52(12)33-44(4)34-53(73)13;1-32-25-34(3)53(35(4)26-32)38-19-22-50-44(29-38)41-13-8-10-17-48(41)61(50)51-24-21-40(60-7)31-46(51)43-15-12-16-47(56(57,58)59)55(43)62-49-18-11-9-14-42(49)45-30-39(20-23-52(45)62)54-36(5)27-33(2)28-37(54)6/h14-39H,1-13H3;8-31H,1-6H3. The molecule has 18 aromatic carbocycles. The molecule has 0 amide bonds. The summed E-state index contributed by atoms with van der Waals surface area (Å²) in [6.07, 6.45) is -4.70. The van der Waals surface area contributed by atoms with Gasteiger partial charge in [0.05, 0.1) is 90.7 Å². The predicted octanol–water partition coefficient (Wildman–Crippen LogP) is 36.4. The molecule has 0 saturated carbocycles. The van der Waals surface area contributed by atoms with E-state index in [1.807, 2.05) is 60.7 Å². The van der Waals surface area contributed by atoms with Crippen molar-refractivity contribution in [1.82, 2.24) is 18.3 Å². The van der Waals surface area contributed by atoms with Crippen LogP contribution in [0, 0.1) is 149 Å². The maximum absolute atomic E-state index is 15.7. The zero-order chi connectivity index (χ0) is 97.1. The van der Waals surface area contributed by atoms with Crippen LogP contribution in [-0.2, 0) is 6.18 Å². The van der Waals surface area contributed by atoms with E-state index in [2.05, 4.69) is 368 Å². The zero-order valence-electron chi connectivity index (χ0n) is 82.2. The Morgan fingerprint density at radius 2 is 0.504 bits per heavy atom. The van der Waals surface area contributed by atoms with E-state index < -0.39 is 11.7 Å². The van der Waals surface area contributed by atoms with Crippen molar-refractivity contribution in [3.63, 3.8) is 0 Å². The van der Waals surface area contributed by atoms with Crippen molar-refractivity contribution in [3.8, 4) is 118 Å². The molecule has 0 saturated heterocycles. The summed E-state index contributed by atoms with van der Waals surface area (Å²) in [5.41, 5.74) is 51.4. The molecule has 0 atom stereocenters. The second-order valence-corrected chi connectivity index (χ2v) is 39.2. The Labute approximate surface area is 811 Å². The number of rotatable bonds is 12. The molecule has 4 aromatic heterocycles. The van der Waals surface area contributed by atoms with Gasteiger partial charge in [0.15, 0.2) is 5.69 Å². The molecule has 0 bridgehead atoms. The van der Waals surface area contributed by atoms with E-state index >= 15 is 13.2 Å². The number of aryl methyl sites for hydroxylation is 19. The van der Waals surface area contributed by atoms with Crippen molar-refractivity contribution in [3.05, 3.63) is 432 Å². The van der Waals surface area contributed by atoms with Crippen LogP contribution in [0.25, 0.3) is 204 Å². The third-order valence-electron chi connectivity index (χ3n) is 29.0. The molecule has 9 heteroatoms. The number of halogens is 3. The van der Waals surface area contributed by atoms with Gasteiger partial charge in [0, 0.05) is 59.8 Å². The van der Waals surface area contributed by atoms with Crippen LogP contribution in [0.1, 0.15) is 117 Å². The lowest BCUT2D eigenvalue weighted by molar-refractivity contribution is -0.137. The van der Waals surface area contributed by atoms with Gasteiger partial charge in [-0.25, -0.2) is 4.85 Å². The highest BCUT2D eigenvalue weighted by Crippen LogP contribution is 2.52. The Morgan fingerprint density at radius 1 is 0.237 bits per heavy atom. The van der Waals surface area contributed by atoms with Crippen molar-refractivity contribution < 1.29 is 13.2 Å². The van der Waals surface area contributed by atoms with Crippen molar-refractivity contribution in [2.45, 2.75) is 138 Å². The van der Waals surface area contributed by atoms with E-state index in [1.54, 1.807) is 22.8 Å². The topological polar surface area (TPSA) is 47.9 Å². The molecule has 22 aromatic rings. The summed E-state index contributed by atoms with van der Waals surface area (Å²) in [5, 5.41) is 19.3. The summed E-state index contributed by atoms with van der Waals surface area (Å²) in [6, 6.07) is 109. The third kappa shape index (κ3) is 15.2. The largest absolute Gasteiger partial charge is 0.418 e. The number of hydrogen-bond donors (Lipinski definition) is 0. The van der Waals surface area contributed by atoms with E-state index in [4.69, 9.17) is 6.57 Å². The molecule has 0 aliphatic carbocycles. The lowest BCUT2D eigenvalue weighted by atomic mass is 9.91. The first-order valence-electron chi connectivity index (χ1n) is 47.9. The van der Waals surface area contributed by atoms with Crippen molar-refractivity contribution in [2.24, 2.45) is 0 Å². The Balaban J connectivity index is 0.000000169. The van der Waals surface area contributed by atoms with Gasteiger partial charge in [-0.1, -0.05) is 215 Å². The Morgan fingerprint density at radius 3 is 0.820 bits per heavy atom. The van der Waals surface area contributed by atoms with Crippen LogP contribution in [-0.4, -0.2) is 18.3 Å². The van der Waals surface area contributed by atoms with Gasteiger partial charge < -0.3 is 18.3 Å². The van der Waals surface area contributed by atoms with Gasteiger partial charge in [-0.3, -0.25) is 0 Å². The highest BCUT2D eigenvalue weighted by molar-refractivity contribution is 6.17. The maximum atomic E-state index is 15.7. The minimum absolute atomic E-state index is 0.0124. The number of alkyl halides is 3. The van der Waals surface area contributed by atoms with E-state index in [1.165, 1.54) is 173 Å². The molecule has 0 radical (unpaired) electrons. The molecule has 0 fully saturated rings. The van der Waals surface area contributed by atoms with Crippen LogP contribution in [0.2, 0.25) is 0 Å². The molecule has 139 heavy (non-hydrogen) atoms. The van der Waals surface area contributed by atoms with Crippen LogP contribution in [0.15, 0.2) is 303 Å². The smallest absolute Gasteiger partial charge is 0.309 e. The van der Waals surface area contributed by atoms with E-state index in [9.17, 15) is 5.26 Å². The van der Waals surface area contributed by atoms with E-state index in [0.29, 0.717) is 39.1 Å². The minimum Gasteiger partial charge on any atom is -0.309 e. The second kappa shape index (κ2) is 34.3. The first kappa shape index (κ1) is 89.5. The van der Waals surface area contributed by atoms with Gasteiger partial charge >= 0.3 is 6.18 Å². The second-order valence-electron chi connectivity index (χ2n) is 39.2. The number of benzene rings is 18. The van der Waals surface area contributed by atoms with Crippen LogP contribution in [0.5, 0.6) is 0 Å². The number of para-hydroxylation sites is 4. The van der Waals surface area contributed by atoms with E-state index in [0.717, 1.165) is 111 Å². The molecule has 0 spiro atoms. The average Bonchev–Trinajstić information content (AvgIpc) is 1.56. The average molecular weight is 1810 g/mol. The summed E-state index contributed by atoms with van der Waals surface area (Å²) < 4.78 is 55.9. The Hall–Kier alpha value is -16.1. The minimum atomic E-state index is -4.70. The third-order valence-corrected chi connectivity index (χ3v) is 29.0. The van der Waals surface area contributed by atoms with Gasteiger partial charge in [-0.2, -0.15) is 18.4 Å². The molecule has 0 aliphatic heterocycles. The van der Waals surface area contributed by atoms with E-state index in [-0.39, 0.29) is 5.69 Å². The van der Waals surface area contributed by atoms with Crippen molar-refractivity contribution in [1.29, 1.82) is 5.26 Å². The quantitative estimate of drug-likeness (QED) is 0.112. The first-order valence-corrected chi connectivity index (χ1v) is 47.9. The van der Waals surface area contributed by atoms with Gasteiger partial charge in [0.2, 0.25) is 0 Å². The monoisotopic (exact) mass is 1810 g/mol. The summed E-state index contributed by atoms with van der Waals surface area (Å²) >= 11 is 0. The molecule has 0 N–H and O–H groups in total. The number of hydrogen-bond acceptors (Lipinski definition) is 1. The fourth-order valence-electron chi connectivity index (χ4n) is 24.2. The molecule has 0 aliphatic rings. The molecule has 0 unspecified atom stereocenters. The van der Waals surface area contributed by atoms with Gasteiger partial charge in [0.1, 0.15) is 0 Å². The van der Waals surface area contributed by atoms with Crippen molar-refractivity contribution in [2.75, 3.05) is 0 Å². The molecular formula is C130H107F3N6. The number of nitriles is 1. The highest BCUT2D eigenvalue weighted by Gasteiger charge is 2.38. The van der Waals surface area contributed by atoms with Crippen LogP contribution in [0.4, 0.5) is 18.9 Å². The van der Waals surface area contributed by atoms with Gasteiger partial charge in [0.25, 0.3) is 0 Å². The number of aromatic nitrogens is 4. The molecule has 4 heterocycles. The van der Waals surface area contributed by atoms with Gasteiger partial charge in [-0.15, -0.1) is 0 Å². The van der Waals surface area contributed by atoms with Crippen LogP contribution < -0.4 is 0 Å². The summed E-state index contributed by atoms with van der Waals surface area (Å²) in [7, 11) is 0. The fourth-order valence-corrected chi connectivity index (χ4v) is 24.2. The first-order chi connectivity index (χ1) is 66.8. The lowest BCUT2D eigenvalue weighted by Gasteiger charge is -2.22. The maximum Gasteiger partial charge on any atom is 0.418 e. The molecular weight excluding hydrogens is 1700 g/mol. The molecule has 678 valence electrons. The summed E-state index contributed by atoms with van der Waals surface area (Å²) in [6.45, 7) is 49.6. The SMILES string of the molecule is Cc1cc(C)c(-c2ccc3c(c2)c2cc(-c4c(C)cc(C)cc4C)ccc2n3-c2ccc(C#N)cc2-c2cccc(C)c2-n2c3ccc(-c4c(C)cc(C)cc4C)cc3c3cc(-c4c(C)cc(C)cc4C)ccc32)c(C)c1.[C-]#[N+]c1ccc(-n2c3ccccc3c3cc(-c4c(C)cc(C)cc4C)ccc32)c(-c2cccc(C(F)(F)F)c2-n2c3ccccc3c3cc(-c4c(C)cc(C)cc4C)ccc32)c1. The predicted molar refractivity (Wildman–Crippen MR) is 580 cm³/mol. The van der Waals surface area contributed by atoms with Crippen LogP contribution in [0.3, 0.4) is 0 Å². The lowest BCUT2D eigenvalue weighted by Crippen LogP contribution is -2.12. The fraction of sp³-hybridized carbons (Fsp3) is 0.154. The Bertz CT molecular complexity index is 8750. The van der Waals surface area contributed by atoms with Crippen molar-refractivity contribution >= 4 is 92.9 Å². The summed E-state index contributed by atoms with van der Waals surface area (Å²) in [5.74, 6) is 0. The molecule has 22 rings (SSSR count). The van der Waals surface area contributed by atoms with Gasteiger partial charge in [-0.05, 0) is 398 Å². The Kier molecular flexibility index (Phi) is 22.1.